The van der Waals surface area contributed by atoms with Crippen LogP contribution >= 0.6 is 27.7 Å². The number of rotatable bonds is 6. The number of fused-ring (bicyclic) bond motifs is 1. The lowest BCUT2D eigenvalue weighted by molar-refractivity contribution is -0.134. The first-order chi connectivity index (χ1) is 14.2. The van der Waals surface area contributed by atoms with Crippen LogP contribution < -0.4 is 0 Å². The quantitative estimate of drug-likeness (QED) is 0.428. The van der Waals surface area contributed by atoms with E-state index in [1.807, 2.05) is 34.9 Å². The van der Waals surface area contributed by atoms with Gasteiger partial charge in [-0.2, -0.15) is 0 Å². The molecule has 5 nitrogen and oxygen atoms in total. The van der Waals surface area contributed by atoms with Gasteiger partial charge in [0, 0.05) is 29.2 Å². The van der Waals surface area contributed by atoms with Gasteiger partial charge in [-0.05, 0) is 43.7 Å². The molecule has 1 aromatic carbocycles. The van der Waals surface area contributed by atoms with Crippen molar-refractivity contribution < 1.29 is 4.79 Å². The summed E-state index contributed by atoms with van der Waals surface area (Å²) in [5.41, 5.74) is 1.00. The van der Waals surface area contributed by atoms with Crippen LogP contribution in [-0.2, 0) is 11.3 Å². The monoisotopic (exact) mass is 474 g/mol. The second-order valence-corrected chi connectivity index (χ2v) is 9.70. The number of hydrogen-bond acceptors (Lipinski definition) is 4. The Morgan fingerprint density at radius 2 is 1.93 bits per heavy atom. The van der Waals surface area contributed by atoms with Gasteiger partial charge in [-0.15, -0.1) is 16.8 Å². The fraction of sp³-hybridized carbons (Fsp3) is 0.500. The molecular formula is C22H27BrN4OS. The van der Waals surface area contributed by atoms with E-state index < -0.39 is 0 Å². The predicted octanol–water partition coefficient (Wildman–Crippen LogP) is 5.17. The number of likely N-dealkylation sites (tertiary alicyclic amines) is 1. The molecule has 7 heteroatoms. The summed E-state index contributed by atoms with van der Waals surface area (Å²) in [6.07, 6.45) is 9.29. The molecule has 1 saturated heterocycles. The van der Waals surface area contributed by atoms with Crippen LogP contribution in [0.2, 0.25) is 0 Å². The van der Waals surface area contributed by atoms with E-state index in [1.54, 1.807) is 0 Å². The fourth-order valence-electron chi connectivity index (χ4n) is 4.65. The molecular weight excluding hydrogens is 448 g/mol. The van der Waals surface area contributed by atoms with E-state index in [0.29, 0.717) is 24.3 Å². The number of nitrogens with zero attached hydrogens (tertiary/aromatic N) is 4. The number of aromatic nitrogens is 3. The van der Waals surface area contributed by atoms with Crippen molar-refractivity contribution in [2.75, 3.05) is 12.3 Å². The van der Waals surface area contributed by atoms with E-state index in [4.69, 9.17) is 0 Å². The summed E-state index contributed by atoms with van der Waals surface area (Å²) < 4.78 is 3.06. The first-order valence-corrected chi connectivity index (χ1v) is 12.2. The molecule has 4 rings (SSSR count). The minimum atomic E-state index is 0.241. The van der Waals surface area contributed by atoms with E-state index in [9.17, 15) is 4.79 Å². The van der Waals surface area contributed by atoms with Crippen molar-refractivity contribution in [3.8, 4) is 11.4 Å². The maximum atomic E-state index is 13.0. The van der Waals surface area contributed by atoms with Gasteiger partial charge in [0.15, 0.2) is 11.0 Å². The Labute approximate surface area is 185 Å². The minimum absolute atomic E-state index is 0.241. The standard InChI is InChI=1S/C22H27BrN4OS/c1-2-13-27-21(17-9-11-18(23)12-10-17)24-25-22(27)29-15-20(28)26-14-5-7-16-6-3-4-8-19(16)26/h2,9-12,16,19H,1,3-8,13-15H2/t16-,19+/m1/s1. The lowest BCUT2D eigenvalue weighted by atomic mass is 9.78. The van der Waals surface area contributed by atoms with E-state index in [2.05, 4.69) is 37.6 Å². The zero-order valence-corrected chi connectivity index (χ0v) is 19.0. The van der Waals surface area contributed by atoms with Crippen molar-refractivity contribution in [2.45, 2.75) is 56.3 Å². The zero-order valence-electron chi connectivity index (χ0n) is 16.6. The number of halogens is 1. The van der Waals surface area contributed by atoms with E-state index >= 15 is 0 Å². The molecule has 2 aliphatic rings. The van der Waals surface area contributed by atoms with Crippen LogP contribution in [0.25, 0.3) is 11.4 Å². The number of amides is 1. The third-order valence-electron chi connectivity index (χ3n) is 6.02. The van der Waals surface area contributed by atoms with Gasteiger partial charge in [0.05, 0.1) is 5.75 Å². The second-order valence-electron chi connectivity index (χ2n) is 7.84. The molecule has 29 heavy (non-hydrogen) atoms. The predicted molar refractivity (Wildman–Crippen MR) is 121 cm³/mol. The number of allylic oxidation sites excluding steroid dienone is 1. The Balaban J connectivity index is 1.47. The molecule has 1 aliphatic heterocycles. The van der Waals surface area contributed by atoms with Crippen molar-refractivity contribution in [1.82, 2.24) is 19.7 Å². The molecule has 0 bridgehead atoms. The average Bonchev–Trinajstić information content (AvgIpc) is 3.15. The first-order valence-electron chi connectivity index (χ1n) is 10.4. The van der Waals surface area contributed by atoms with Gasteiger partial charge >= 0.3 is 0 Å². The van der Waals surface area contributed by atoms with Crippen molar-refractivity contribution in [1.29, 1.82) is 0 Å². The molecule has 154 valence electrons. The molecule has 0 radical (unpaired) electrons. The molecule has 2 heterocycles. The highest BCUT2D eigenvalue weighted by atomic mass is 79.9. The van der Waals surface area contributed by atoms with Crippen molar-refractivity contribution in [3.05, 3.63) is 41.4 Å². The third kappa shape index (κ3) is 4.61. The summed E-state index contributed by atoms with van der Waals surface area (Å²) in [4.78, 5) is 15.2. The lowest BCUT2D eigenvalue weighted by Gasteiger charge is -2.44. The summed E-state index contributed by atoms with van der Waals surface area (Å²) in [6.45, 7) is 5.39. The molecule has 1 saturated carbocycles. The van der Waals surface area contributed by atoms with Crippen LogP contribution in [0.5, 0.6) is 0 Å². The molecule has 2 atom stereocenters. The number of thioether (sulfide) groups is 1. The minimum Gasteiger partial charge on any atom is -0.339 e. The molecule has 0 N–H and O–H groups in total. The maximum Gasteiger partial charge on any atom is 0.233 e. The van der Waals surface area contributed by atoms with Crippen LogP contribution in [0.4, 0.5) is 0 Å². The van der Waals surface area contributed by atoms with Gasteiger partial charge in [-0.3, -0.25) is 9.36 Å². The molecule has 2 fully saturated rings. The molecule has 2 aromatic rings. The van der Waals surface area contributed by atoms with Gasteiger partial charge in [-0.1, -0.05) is 58.7 Å². The van der Waals surface area contributed by atoms with Gasteiger partial charge in [-0.25, -0.2) is 0 Å². The van der Waals surface area contributed by atoms with Crippen molar-refractivity contribution >= 4 is 33.6 Å². The number of carbonyl (C=O) groups excluding carboxylic acids is 1. The van der Waals surface area contributed by atoms with Gasteiger partial charge in [0.25, 0.3) is 0 Å². The molecule has 1 aliphatic carbocycles. The van der Waals surface area contributed by atoms with Gasteiger partial charge in [0.2, 0.25) is 5.91 Å². The summed E-state index contributed by atoms with van der Waals surface area (Å²) in [5.74, 6) is 2.17. The number of benzene rings is 1. The summed E-state index contributed by atoms with van der Waals surface area (Å²) in [6, 6.07) is 8.48. The van der Waals surface area contributed by atoms with Crippen LogP contribution in [-0.4, -0.2) is 43.9 Å². The Hall–Kier alpha value is -1.60. The highest BCUT2D eigenvalue weighted by Crippen LogP contribution is 2.36. The summed E-state index contributed by atoms with van der Waals surface area (Å²) in [5, 5.41) is 9.54. The molecule has 0 spiro atoms. The SMILES string of the molecule is C=CCn1c(SCC(=O)N2CCC[C@H]3CCCC[C@@H]32)nnc1-c1ccc(Br)cc1. The van der Waals surface area contributed by atoms with Gasteiger partial charge < -0.3 is 4.90 Å². The molecule has 1 amide bonds. The van der Waals surface area contributed by atoms with E-state index in [-0.39, 0.29) is 5.91 Å². The van der Waals surface area contributed by atoms with Crippen LogP contribution in [0.15, 0.2) is 46.5 Å². The maximum absolute atomic E-state index is 13.0. The average molecular weight is 475 g/mol. The first kappa shape index (κ1) is 20.7. The van der Waals surface area contributed by atoms with E-state index in [1.165, 1.54) is 43.9 Å². The van der Waals surface area contributed by atoms with Gasteiger partial charge in [0.1, 0.15) is 0 Å². The van der Waals surface area contributed by atoms with Crippen LogP contribution in [0.1, 0.15) is 38.5 Å². The van der Waals surface area contributed by atoms with Crippen molar-refractivity contribution in [2.24, 2.45) is 5.92 Å². The smallest absolute Gasteiger partial charge is 0.233 e. The highest BCUT2D eigenvalue weighted by molar-refractivity contribution is 9.10. The number of carbonyl (C=O) groups is 1. The molecule has 0 unspecified atom stereocenters. The van der Waals surface area contributed by atoms with Crippen LogP contribution in [0.3, 0.4) is 0 Å². The summed E-state index contributed by atoms with van der Waals surface area (Å²) in [7, 11) is 0. The topological polar surface area (TPSA) is 51.0 Å². The second kappa shape index (κ2) is 9.47. The lowest BCUT2D eigenvalue weighted by Crippen LogP contribution is -2.50. The van der Waals surface area contributed by atoms with Crippen LogP contribution in [0, 0.1) is 5.92 Å². The van der Waals surface area contributed by atoms with E-state index in [0.717, 1.165) is 34.0 Å². The Kier molecular flexibility index (Phi) is 6.75. The number of piperidine rings is 1. The number of hydrogen-bond donors (Lipinski definition) is 0. The Bertz CT molecular complexity index is 864. The largest absolute Gasteiger partial charge is 0.339 e. The Morgan fingerprint density at radius 3 is 2.72 bits per heavy atom. The highest BCUT2D eigenvalue weighted by Gasteiger charge is 2.35. The summed E-state index contributed by atoms with van der Waals surface area (Å²) >= 11 is 4.96. The third-order valence-corrected chi connectivity index (χ3v) is 7.50. The normalized spacial score (nSPS) is 21.6. The van der Waals surface area contributed by atoms with Crippen molar-refractivity contribution in [3.63, 3.8) is 0 Å². The zero-order chi connectivity index (χ0) is 20.2. The fourth-order valence-corrected chi connectivity index (χ4v) is 5.74. The Morgan fingerprint density at radius 1 is 1.17 bits per heavy atom. The molecule has 1 aromatic heterocycles.